The molecule has 0 saturated carbocycles. The van der Waals surface area contributed by atoms with Crippen LogP contribution in [-0.2, 0) is 4.74 Å². The molecule has 0 aromatic heterocycles. The van der Waals surface area contributed by atoms with Crippen molar-refractivity contribution in [2.75, 3.05) is 19.7 Å². The van der Waals surface area contributed by atoms with Crippen LogP contribution in [-0.4, -0.2) is 36.7 Å². The average Bonchev–Trinajstić information content (AvgIpc) is 3.07. The lowest BCUT2D eigenvalue weighted by atomic mass is 10.00. The minimum Gasteiger partial charge on any atom is -0.462 e. The molecule has 2 aromatic carbocycles. The summed E-state index contributed by atoms with van der Waals surface area (Å²) in [5.41, 5.74) is 2.24. The van der Waals surface area contributed by atoms with Crippen LogP contribution >= 0.6 is 0 Å². The first-order chi connectivity index (χ1) is 11.9. The maximum atomic E-state index is 6.05. The predicted molar refractivity (Wildman–Crippen MR) is 96.4 cm³/mol. The summed E-state index contributed by atoms with van der Waals surface area (Å²) in [5, 5.41) is 3.45. The second-order valence-corrected chi connectivity index (χ2v) is 6.36. The first kappa shape index (κ1) is 15.2. The number of amidine groups is 1. The van der Waals surface area contributed by atoms with Gasteiger partial charge >= 0.3 is 0 Å². The lowest BCUT2D eigenvalue weighted by Crippen LogP contribution is -2.45. The standard InChI is InChI=1S/C20H23N3O/c1-3-7-16(8-4-1)19-15-24-20(22-17-9-5-2-6-10-17)23(19)18-11-13-21-14-12-18/h1-10,18-19,21H,11-15H2. The van der Waals surface area contributed by atoms with Gasteiger partial charge in [0.05, 0.1) is 11.7 Å². The number of nitrogens with one attached hydrogen (secondary N) is 1. The van der Waals surface area contributed by atoms with Gasteiger partial charge in [-0.25, -0.2) is 0 Å². The molecule has 2 aliphatic rings. The molecule has 1 atom stereocenters. The number of rotatable bonds is 3. The van der Waals surface area contributed by atoms with Gasteiger partial charge in [-0.2, -0.15) is 4.99 Å². The molecule has 0 spiro atoms. The van der Waals surface area contributed by atoms with Gasteiger partial charge in [-0.3, -0.25) is 0 Å². The molecular weight excluding hydrogens is 298 g/mol. The maximum absolute atomic E-state index is 6.05. The molecule has 0 aliphatic carbocycles. The van der Waals surface area contributed by atoms with Gasteiger partial charge in [0.1, 0.15) is 6.61 Å². The van der Waals surface area contributed by atoms with E-state index in [1.165, 1.54) is 5.56 Å². The second kappa shape index (κ2) is 7.05. The molecule has 4 heteroatoms. The first-order valence-corrected chi connectivity index (χ1v) is 8.72. The van der Waals surface area contributed by atoms with Crippen LogP contribution < -0.4 is 5.32 Å². The van der Waals surface area contributed by atoms with Gasteiger partial charge in [0.2, 0.25) is 0 Å². The highest BCUT2D eigenvalue weighted by Crippen LogP contribution is 2.33. The smallest absolute Gasteiger partial charge is 0.293 e. The van der Waals surface area contributed by atoms with Crippen molar-refractivity contribution < 1.29 is 4.74 Å². The molecule has 4 nitrogen and oxygen atoms in total. The Bertz CT molecular complexity index is 681. The summed E-state index contributed by atoms with van der Waals surface area (Å²) in [6.07, 6.45) is 2.25. The van der Waals surface area contributed by atoms with Gasteiger partial charge in [0.25, 0.3) is 6.02 Å². The zero-order chi connectivity index (χ0) is 16.2. The van der Waals surface area contributed by atoms with E-state index in [-0.39, 0.29) is 6.04 Å². The summed E-state index contributed by atoms with van der Waals surface area (Å²) in [4.78, 5) is 7.20. The molecule has 0 radical (unpaired) electrons. The van der Waals surface area contributed by atoms with Crippen molar-refractivity contribution in [1.29, 1.82) is 0 Å². The van der Waals surface area contributed by atoms with E-state index in [1.807, 2.05) is 30.3 Å². The Kier molecular flexibility index (Phi) is 4.47. The number of benzene rings is 2. The van der Waals surface area contributed by atoms with Crippen LogP contribution in [0, 0.1) is 0 Å². The fraction of sp³-hybridized carbons (Fsp3) is 0.350. The predicted octanol–water partition coefficient (Wildman–Crippen LogP) is 3.50. The summed E-state index contributed by atoms with van der Waals surface area (Å²) in [6.45, 7) is 2.78. The van der Waals surface area contributed by atoms with Gasteiger partial charge in [0, 0.05) is 6.04 Å². The zero-order valence-electron chi connectivity index (χ0n) is 13.8. The number of para-hydroxylation sites is 1. The Morgan fingerprint density at radius 1 is 0.917 bits per heavy atom. The van der Waals surface area contributed by atoms with Crippen LogP contribution in [0.25, 0.3) is 0 Å². The van der Waals surface area contributed by atoms with Crippen molar-refractivity contribution in [3.05, 3.63) is 66.2 Å². The molecule has 4 rings (SSSR count). The summed E-state index contributed by atoms with van der Waals surface area (Å²) < 4.78 is 6.05. The highest BCUT2D eigenvalue weighted by molar-refractivity contribution is 5.79. The van der Waals surface area contributed by atoms with Crippen molar-refractivity contribution in [1.82, 2.24) is 10.2 Å². The van der Waals surface area contributed by atoms with E-state index in [2.05, 4.69) is 40.5 Å². The third-order valence-corrected chi connectivity index (χ3v) is 4.79. The molecule has 0 amide bonds. The number of nitrogens with zero attached hydrogens (tertiary/aromatic N) is 2. The van der Waals surface area contributed by atoms with Gasteiger partial charge in [-0.15, -0.1) is 0 Å². The number of aliphatic imine (C=N–C) groups is 1. The van der Waals surface area contributed by atoms with Crippen LogP contribution in [0.1, 0.15) is 24.4 Å². The molecule has 2 saturated heterocycles. The van der Waals surface area contributed by atoms with E-state index in [0.717, 1.165) is 37.6 Å². The van der Waals surface area contributed by atoms with E-state index in [9.17, 15) is 0 Å². The van der Waals surface area contributed by atoms with Crippen LogP contribution in [0.5, 0.6) is 0 Å². The zero-order valence-corrected chi connectivity index (χ0v) is 13.8. The molecule has 24 heavy (non-hydrogen) atoms. The van der Waals surface area contributed by atoms with Gasteiger partial charge in [0.15, 0.2) is 0 Å². The second-order valence-electron chi connectivity index (χ2n) is 6.36. The van der Waals surface area contributed by atoms with Crippen molar-refractivity contribution in [3.63, 3.8) is 0 Å². The van der Waals surface area contributed by atoms with Gasteiger partial charge in [-0.1, -0.05) is 48.5 Å². The number of hydrogen-bond donors (Lipinski definition) is 1. The van der Waals surface area contributed by atoms with E-state index >= 15 is 0 Å². The lowest BCUT2D eigenvalue weighted by molar-refractivity contribution is 0.218. The lowest BCUT2D eigenvalue weighted by Gasteiger charge is -2.35. The van der Waals surface area contributed by atoms with Crippen molar-refractivity contribution >= 4 is 11.7 Å². The maximum Gasteiger partial charge on any atom is 0.293 e. The fourth-order valence-corrected chi connectivity index (χ4v) is 3.57. The van der Waals surface area contributed by atoms with Crippen LogP contribution in [0.15, 0.2) is 65.7 Å². The molecule has 2 aliphatic heterocycles. The number of piperidine rings is 1. The SMILES string of the molecule is c1ccc(N=C2OCC(c3ccccc3)N2C2CCNCC2)cc1. The molecule has 2 heterocycles. The topological polar surface area (TPSA) is 36.9 Å². The largest absolute Gasteiger partial charge is 0.462 e. The van der Waals surface area contributed by atoms with Crippen molar-refractivity contribution in [2.24, 2.45) is 4.99 Å². The van der Waals surface area contributed by atoms with Crippen molar-refractivity contribution in [2.45, 2.75) is 24.9 Å². The van der Waals surface area contributed by atoms with E-state index in [4.69, 9.17) is 9.73 Å². The molecule has 1 unspecified atom stereocenters. The molecular formula is C20H23N3O. The molecule has 0 bridgehead atoms. The average molecular weight is 321 g/mol. The molecule has 1 N–H and O–H groups in total. The summed E-state index contributed by atoms with van der Waals surface area (Å²) in [6, 6.07) is 22.2. The summed E-state index contributed by atoms with van der Waals surface area (Å²) in [5.74, 6) is 0. The Hall–Kier alpha value is -2.33. The minimum absolute atomic E-state index is 0.247. The van der Waals surface area contributed by atoms with E-state index < -0.39 is 0 Å². The minimum atomic E-state index is 0.247. The monoisotopic (exact) mass is 321 g/mol. The number of hydrogen-bond acceptors (Lipinski definition) is 3. The Balaban J connectivity index is 1.67. The number of ether oxygens (including phenoxy) is 1. The molecule has 2 fully saturated rings. The third-order valence-electron chi connectivity index (χ3n) is 4.79. The van der Waals surface area contributed by atoms with Crippen molar-refractivity contribution in [3.8, 4) is 0 Å². The Morgan fingerprint density at radius 2 is 1.58 bits per heavy atom. The van der Waals surface area contributed by atoms with Gasteiger partial charge < -0.3 is 15.0 Å². The highest BCUT2D eigenvalue weighted by atomic mass is 16.5. The fourth-order valence-electron chi connectivity index (χ4n) is 3.57. The molecule has 124 valence electrons. The Labute approximate surface area is 143 Å². The normalized spacial score (nSPS) is 23.4. The first-order valence-electron chi connectivity index (χ1n) is 8.72. The highest BCUT2D eigenvalue weighted by Gasteiger charge is 2.37. The van der Waals surface area contributed by atoms with Gasteiger partial charge in [-0.05, 0) is 43.6 Å². The summed E-state index contributed by atoms with van der Waals surface area (Å²) >= 11 is 0. The van der Waals surface area contributed by atoms with E-state index in [1.54, 1.807) is 0 Å². The Morgan fingerprint density at radius 3 is 2.29 bits per heavy atom. The molecule has 2 aromatic rings. The summed E-state index contributed by atoms with van der Waals surface area (Å²) in [7, 11) is 0. The quantitative estimate of drug-likeness (QED) is 0.940. The van der Waals surface area contributed by atoms with Crippen LogP contribution in [0.4, 0.5) is 5.69 Å². The third kappa shape index (κ3) is 3.15. The van der Waals surface area contributed by atoms with Crippen LogP contribution in [0.2, 0.25) is 0 Å². The van der Waals surface area contributed by atoms with Crippen LogP contribution in [0.3, 0.4) is 0 Å². The van der Waals surface area contributed by atoms with E-state index in [0.29, 0.717) is 12.6 Å².